The van der Waals surface area contributed by atoms with Gasteiger partial charge < -0.3 is 4.74 Å². The third-order valence-corrected chi connectivity index (χ3v) is 2.23. The Hall–Kier alpha value is -0.730. The van der Waals surface area contributed by atoms with Gasteiger partial charge in [0.15, 0.2) is 0 Å². The second-order valence-electron chi connectivity index (χ2n) is 2.75. The number of halogens is 3. The smallest absolute Gasteiger partial charge is 0.126 e. The molecule has 0 bridgehead atoms. The molecule has 4 heteroatoms. The fraction of sp³-hybridized carbons (Fsp3) is 0.200. The lowest BCUT2D eigenvalue weighted by atomic mass is 10.2. The predicted molar refractivity (Wildman–Crippen MR) is 56.4 cm³/mol. The minimum atomic E-state index is -0.337. The van der Waals surface area contributed by atoms with E-state index in [-0.39, 0.29) is 12.4 Å². The molecule has 0 aliphatic carbocycles. The second kappa shape index (κ2) is 5.23. The number of benzene rings is 1. The fourth-order valence-electron chi connectivity index (χ4n) is 0.908. The van der Waals surface area contributed by atoms with Crippen molar-refractivity contribution in [3.05, 3.63) is 40.1 Å². The molecule has 0 heterocycles. The summed E-state index contributed by atoms with van der Waals surface area (Å²) in [6.07, 6.45) is 0. The maximum atomic E-state index is 12.8. The highest BCUT2D eigenvalue weighted by molar-refractivity contribution is 6.36. The average Bonchev–Trinajstić information content (AvgIpc) is 2.19. The van der Waals surface area contributed by atoms with Crippen molar-refractivity contribution in [2.45, 2.75) is 6.92 Å². The van der Waals surface area contributed by atoms with Crippen LogP contribution in [-0.4, -0.2) is 6.61 Å². The lowest BCUT2D eigenvalue weighted by molar-refractivity contribution is 0.354. The molecule has 1 rings (SSSR count). The number of aryl methyl sites for hydroxylation is 1. The summed E-state index contributed by atoms with van der Waals surface area (Å²) < 4.78 is 18.0. The molecule has 1 nitrogen and oxygen atoms in total. The zero-order chi connectivity index (χ0) is 10.6. The molecular formula is C10H9Cl2FO. The summed E-state index contributed by atoms with van der Waals surface area (Å²) in [4.78, 5) is 0. The van der Waals surface area contributed by atoms with Gasteiger partial charge in [-0.3, -0.25) is 0 Å². The van der Waals surface area contributed by atoms with Gasteiger partial charge in [0, 0.05) is 11.6 Å². The van der Waals surface area contributed by atoms with E-state index in [4.69, 9.17) is 27.9 Å². The summed E-state index contributed by atoms with van der Waals surface area (Å²) in [5.41, 5.74) is 2.07. The second-order valence-corrected chi connectivity index (χ2v) is 3.46. The van der Waals surface area contributed by atoms with E-state index in [0.29, 0.717) is 10.8 Å². The van der Waals surface area contributed by atoms with Crippen LogP contribution in [0, 0.1) is 12.7 Å². The van der Waals surface area contributed by atoms with Gasteiger partial charge in [0.05, 0.1) is 5.03 Å². The van der Waals surface area contributed by atoms with Gasteiger partial charge in [0.2, 0.25) is 0 Å². The van der Waals surface area contributed by atoms with E-state index in [1.165, 1.54) is 17.7 Å². The van der Waals surface area contributed by atoms with Crippen LogP contribution in [0.1, 0.15) is 5.56 Å². The summed E-state index contributed by atoms with van der Waals surface area (Å²) in [6.45, 7) is 1.97. The third-order valence-electron chi connectivity index (χ3n) is 1.63. The first-order valence-corrected chi connectivity index (χ1v) is 4.78. The van der Waals surface area contributed by atoms with Gasteiger partial charge >= 0.3 is 0 Å². The quantitative estimate of drug-likeness (QED) is 0.773. The van der Waals surface area contributed by atoms with E-state index in [2.05, 4.69) is 0 Å². The van der Waals surface area contributed by atoms with E-state index >= 15 is 0 Å². The molecule has 0 unspecified atom stereocenters. The molecule has 76 valence electrons. The van der Waals surface area contributed by atoms with Gasteiger partial charge in [0.25, 0.3) is 0 Å². The van der Waals surface area contributed by atoms with Crippen molar-refractivity contribution in [1.82, 2.24) is 0 Å². The van der Waals surface area contributed by atoms with E-state index in [9.17, 15) is 4.39 Å². The van der Waals surface area contributed by atoms with Crippen molar-refractivity contribution in [3.8, 4) is 5.75 Å². The van der Waals surface area contributed by atoms with Crippen LogP contribution in [0.3, 0.4) is 0 Å². The summed E-state index contributed by atoms with van der Waals surface area (Å²) in [6, 6.07) is 4.33. The van der Waals surface area contributed by atoms with Gasteiger partial charge in [-0.1, -0.05) is 29.3 Å². The Morgan fingerprint density at radius 3 is 2.93 bits per heavy atom. The van der Waals surface area contributed by atoms with E-state index in [0.717, 1.165) is 5.56 Å². The Morgan fingerprint density at radius 1 is 1.57 bits per heavy atom. The monoisotopic (exact) mass is 234 g/mol. The molecule has 1 aromatic rings. The molecule has 14 heavy (non-hydrogen) atoms. The molecule has 0 radical (unpaired) electrons. The first-order chi connectivity index (χ1) is 6.63. The molecule has 1 aromatic carbocycles. The zero-order valence-electron chi connectivity index (χ0n) is 7.56. The standard InChI is InChI=1S/C10H9Cl2FO/c1-7-2-3-9(13)4-10(7)14-6-8(12)5-11/h2-5H,6H2,1H3/b8-5-. The van der Waals surface area contributed by atoms with Gasteiger partial charge in [-0.2, -0.15) is 0 Å². The molecule has 0 amide bonds. The lowest BCUT2D eigenvalue weighted by Gasteiger charge is -2.07. The Balaban J connectivity index is 2.71. The lowest BCUT2D eigenvalue weighted by Crippen LogP contribution is -1.98. The molecule has 0 fully saturated rings. The molecule has 0 N–H and O–H groups in total. The van der Waals surface area contributed by atoms with Gasteiger partial charge in [-0.15, -0.1) is 0 Å². The minimum Gasteiger partial charge on any atom is -0.488 e. The van der Waals surface area contributed by atoms with E-state index < -0.39 is 0 Å². The number of hydrogen-bond acceptors (Lipinski definition) is 1. The van der Waals surface area contributed by atoms with Gasteiger partial charge in [0.1, 0.15) is 18.2 Å². The van der Waals surface area contributed by atoms with Crippen LogP contribution in [-0.2, 0) is 0 Å². The Labute approximate surface area is 92.1 Å². The zero-order valence-corrected chi connectivity index (χ0v) is 9.07. The first kappa shape index (κ1) is 11.3. The topological polar surface area (TPSA) is 9.23 Å². The molecule has 0 saturated heterocycles. The van der Waals surface area contributed by atoms with Crippen molar-refractivity contribution in [1.29, 1.82) is 0 Å². The third kappa shape index (κ3) is 3.20. The Morgan fingerprint density at radius 2 is 2.29 bits per heavy atom. The van der Waals surface area contributed by atoms with Crippen LogP contribution in [0.2, 0.25) is 0 Å². The summed E-state index contributed by atoms with van der Waals surface area (Å²) in [5, 5.41) is 0.371. The van der Waals surface area contributed by atoms with Gasteiger partial charge in [-0.05, 0) is 18.6 Å². The maximum absolute atomic E-state index is 12.8. The SMILES string of the molecule is Cc1ccc(F)cc1OC/C(Cl)=C/Cl. The number of ether oxygens (including phenoxy) is 1. The van der Waals surface area contributed by atoms with Crippen LogP contribution in [0.4, 0.5) is 4.39 Å². The van der Waals surface area contributed by atoms with Crippen LogP contribution in [0.25, 0.3) is 0 Å². The van der Waals surface area contributed by atoms with Crippen molar-refractivity contribution >= 4 is 23.2 Å². The van der Waals surface area contributed by atoms with E-state index in [1.807, 2.05) is 6.92 Å². The summed E-state index contributed by atoms with van der Waals surface area (Å²) >= 11 is 11.0. The highest BCUT2D eigenvalue weighted by Gasteiger charge is 2.02. The van der Waals surface area contributed by atoms with Crippen molar-refractivity contribution in [2.75, 3.05) is 6.61 Å². The average molecular weight is 235 g/mol. The predicted octanol–water partition coefficient (Wildman–Crippen LogP) is 3.83. The Bertz CT molecular complexity index is 350. The summed E-state index contributed by atoms with van der Waals surface area (Å²) in [5.74, 6) is 0.137. The molecule has 0 saturated carbocycles. The molecule has 0 spiro atoms. The minimum absolute atomic E-state index is 0.148. The number of hydrogen-bond donors (Lipinski definition) is 0. The molecule has 0 aliphatic rings. The van der Waals surface area contributed by atoms with E-state index in [1.54, 1.807) is 6.07 Å². The van der Waals surface area contributed by atoms with Crippen LogP contribution >= 0.6 is 23.2 Å². The molecule has 0 aliphatic heterocycles. The largest absolute Gasteiger partial charge is 0.488 e. The van der Waals surface area contributed by atoms with Crippen LogP contribution in [0.5, 0.6) is 5.75 Å². The highest BCUT2D eigenvalue weighted by atomic mass is 35.5. The normalized spacial score (nSPS) is 11.6. The fourth-order valence-corrected chi connectivity index (χ4v) is 1.03. The molecule has 0 atom stereocenters. The van der Waals surface area contributed by atoms with Crippen LogP contribution in [0.15, 0.2) is 28.8 Å². The first-order valence-electron chi connectivity index (χ1n) is 3.97. The van der Waals surface area contributed by atoms with Crippen molar-refractivity contribution in [2.24, 2.45) is 0 Å². The van der Waals surface area contributed by atoms with Crippen molar-refractivity contribution in [3.63, 3.8) is 0 Å². The number of rotatable bonds is 3. The molecule has 0 aromatic heterocycles. The summed E-state index contributed by atoms with van der Waals surface area (Å²) in [7, 11) is 0. The maximum Gasteiger partial charge on any atom is 0.126 e. The van der Waals surface area contributed by atoms with Gasteiger partial charge in [-0.25, -0.2) is 4.39 Å². The van der Waals surface area contributed by atoms with Crippen molar-refractivity contribution < 1.29 is 9.13 Å². The Kier molecular flexibility index (Phi) is 4.23. The van der Waals surface area contributed by atoms with Crippen LogP contribution < -0.4 is 4.74 Å². The molecular weight excluding hydrogens is 226 g/mol. The highest BCUT2D eigenvalue weighted by Crippen LogP contribution is 2.19.